The van der Waals surface area contributed by atoms with Crippen molar-refractivity contribution < 1.29 is 35.6 Å². The molecule has 0 aromatic carbocycles. The molecule has 0 spiro atoms. The Hall–Kier alpha value is -0.315. The number of hydrogen-bond acceptors (Lipinski definition) is 5. The van der Waals surface area contributed by atoms with Crippen LogP contribution in [-0.4, -0.2) is 53.1 Å². The van der Waals surface area contributed by atoms with Gasteiger partial charge in [0.1, 0.15) is 7.85 Å². The van der Waals surface area contributed by atoms with E-state index in [2.05, 4.69) is 9.29 Å². The van der Waals surface area contributed by atoms with Crippen LogP contribution in [0, 0.1) is 5.92 Å². The third-order valence-electron chi connectivity index (χ3n) is 2.91. The third kappa shape index (κ3) is 3.83. The fraction of sp³-hybridized carbons (Fsp3) is 1.00. The number of aliphatic hydroxyl groups excluding tert-OH is 1. The van der Waals surface area contributed by atoms with Crippen LogP contribution in [0.25, 0.3) is 0 Å². The molecule has 0 aromatic heterocycles. The minimum absolute atomic E-state index is 0.133. The zero-order valence-corrected chi connectivity index (χ0v) is 10.9. The second-order valence-electron chi connectivity index (χ2n) is 4.31. The lowest BCUT2D eigenvalue weighted by molar-refractivity contribution is -0.0591. The Balaban J connectivity index is 2.68. The largest absolute Gasteiger partial charge is 0.523 e. The van der Waals surface area contributed by atoms with E-state index < -0.39 is 39.8 Å². The molecule has 0 aromatic rings. The molecule has 110 valence electrons. The normalized spacial score (nSPS) is 33.4. The Morgan fingerprint density at radius 2 is 2.16 bits per heavy atom. The van der Waals surface area contributed by atoms with Crippen molar-refractivity contribution in [3.8, 4) is 0 Å². The zero-order valence-electron chi connectivity index (χ0n) is 11.1. The van der Waals surface area contributed by atoms with Gasteiger partial charge in [-0.2, -0.15) is 21.6 Å². The van der Waals surface area contributed by atoms with E-state index >= 15 is 0 Å². The van der Waals surface area contributed by atoms with E-state index in [1.807, 2.05) is 0 Å². The van der Waals surface area contributed by atoms with E-state index in [-0.39, 0.29) is 6.61 Å². The van der Waals surface area contributed by atoms with Gasteiger partial charge in [-0.15, -0.1) is 0 Å². The Labute approximate surface area is 112 Å². The van der Waals surface area contributed by atoms with Gasteiger partial charge in [0.05, 0.1) is 12.2 Å². The van der Waals surface area contributed by atoms with Crippen LogP contribution in [0.5, 0.6) is 0 Å². The van der Waals surface area contributed by atoms with Crippen LogP contribution in [0.15, 0.2) is 0 Å². The average molecular weight is 304 g/mol. The quantitative estimate of drug-likeness (QED) is 0.335. The Morgan fingerprint density at radius 1 is 1.53 bits per heavy atom. The van der Waals surface area contributed by atoms with Crippen LogP contribution in [0.3, 0.4) is 0 Å². The summed E-state index contributed by atoms with van der Waals surface area (Å²) in [5.74, 6) is -0.632. The predicted molar refractivity (Wildman–Crippen MR) is 59.7 cm³/mol. The summed E-state index contributed by atoms with van der Waals surface area (Å²) in [4.78, 5) is 0. The topological polar surface area (TPSA) is 72.8 Å². The van der Waals surface area contributed by atoms with Crippen molar-refractivity contribution in [2.75, 3.05) is 6.61 Å². The molecule has 1 aliphatic heterocycles. The molecular formula is C9H14BF3O5S. The maximum absolute atomic E-state index is 12.3. The van der Waals surface area contributed by atoms with Crippen molar-refractivity contribution in [1.29, 1.82) is 1.43 Å². The van der Waals surface area contributed by atoms with Gasteiger partial charge in [0.25, 0.3) is 0 Å². The summed E-state index contributed by atoms with van der Waals surface area (Å²) in [6.45, 7) is 1.63. The van der Waals surface area contributed by atoms with Gasteiger partial charge in [-0.25, -0.2) is 0 Å². The zero-order chi connectivity index (χ0) is 15.6. The number of alkyl halides is 3. The molecule has 1 rings (SSSR count). The van der Waals surface area contributed by atoms with Crippen molar-refractivity contribution in [3.63, 3.8) is 0 Å². The van der Waals surface area contributed by atoms with Crippen molar-refractivity contribution >= 4 is 18.0 Å². The number of hydrogen-bond donors (Lipinski definition) is 1. The van der Waals surface area contributed by atoms with Crippen LogP contribution >= 0.6 is 0 Å². The lowest BCUT2D eigenvalue weighted by atomic mass is 9.88. The van der Waals surface area contributed by atoms with E-state index in [0.29, 0.717) is 12.8 Å². The van der Waals surface area contributed by atoms with E-state index in [4.69, 9.17) is 14.0 Å². The van der Waals surface area contributed by atoms with Gasteiger partial charge in [-0.1, -0.05) is 6.92 Å². The van der Waals surface area contributed by atoms with Crippen molar-refractivity contribution in [2.24, 2.45) is 5.92 Å². The lowest BCUT2D eigenvalue weighted by Crippen LogP contribution is -2.37. The Bertz CT molecular complexity index is 418. The molecule has 1 unspecified atom stereocenters. The molecule has 19 heavy (non-hydrogen) atoms. The van der Waals surface area contributed by atoms with E-state index in [0.717, 1.165) is 0 Å². The molecule has 1 N–H and O–H groups in total. The minimum Gasteiger partial charge on any atom is -0.396 e. The van der Waals surface area contributed by atoms with Crippen LogP contribution < -0.4 is 0 Å². The molecule has 1 fully saturated rings. The first-order chi connectivity index (χ1) is 9.10. The summed E-state index contributed by atoms with van der Waals surface area (Å²) >= 11 is 0. The molecule has 0 bridgehead atoms. The smallest absolute Gasteiger partial charge is 0.396 e. The molecule has 4 atom stereocenters. The predicted octanol–water partition coefficient (Wildman–Crippen LogP) is 0.523. The fourth-order valence-corrected chi connectivity index (χ4v) is 2.56. The molecule has 1 saturated heterocycles. The second-order valence-corrected chi connectivity index (χ2v) is 5.87. The lowest BCUT2D eigenvalue weighted by Gasteiger charge is -2.20. The number of ether oxygens (including phenoxy) is 1. The molecule has 0 saturated carbocycles. The Morgan fingerprint density at radius 3 is 2.68 bits per heavy atom. The molecule has 0 amide bonds. The van der Waals surface area contributed by atoms with Gasteiger partial charge in [-0.3, -0.25) is 4.18 Å². The standard InChI is InChI=1S/C9H14BF3O5S/c1-5-6(3-2-4-14)17-8(10)7(5)18-19(15,16)9(11,12)13/h5-8,14H,2-4H2,1H3/t5-,6+,7?,8+/m0/s1/i14T. The summed E-state index contributed by atoms with van der Waals surface area (Å²) < 4.78 is 74.5. The molecule has 1 heterocycles. The Kier molecular flexibility index (Phi) is 4.75. The first-order valence-corrected chi connectivity index (χ1v) is 6.99. The monoisotopic (exact) mass is 304 g/mol. The molecule has 5 nitrogen and oxygen atoms in total. The highest BCUT2D eigenvalue weighted by Crippen LogP contribution is 2.34. The third-order valence-corrected chi connectivity index (χ3v) is 3.96. The van der Waals surface area contributed by atoms with E-state index in [9.17, 15) is 21.6 Å². The molecule has 2 radical (unpaired) electrons. The fourth-order valence-electron chi connectivity index (χ4n) is 1.87. The van der Waals surface area contributed by atoms with E-state index in [1.54, 1.807) is 0 Å². The van der Waals surface area contributed by atoms with Crippen molar-refractivity contribution in [3.05, 3.63) is 0 Å². The number of aliphatic hydroxyl groups is 1. The highest BCUT2D eigenvalue weighted by molar-refractivity contribution is 7.87. The first-order valence-electron chi connectivity index (χ1n) is 5.99. The number of rotatable bonds is 6. The molecule has 10 heteroatoms. The SMILES string of the molecule is [3H]OCCC[C@H]1O[C@@H]([B])C(OS(=O)(=O)C(F)(F)F)[C@H]1C. The number of halogens is 3. The minimum atomic E-state index is -5.71. The van der Waals surface area contributed by atoms with Gasteiger partial charge in [-0.05, 0) is 12.8 Å². The summed E-state index contributed by atoms with van der Waals surface area (Å²) in [5, 5.41) is 4.10. The highest BCUT2D eigenvalue weighted by Gasteiger charge is 2.52. The van der Waals surface area contributed by atoms with Crippen LogP contribution in [0.4, 0.5) is 13.2 Å². The van der Waals surface area contributed by atoms with Gasteiger partial charge in [0.15, 0.2) is 0 Å². The van der Waals surface area contributed by atoms with Crippen molar-refractivity contribution in [2.45, 2.75) is 43.5 Å². The molecule has 0 aliphatic carbocycles. The summed E-state index contributed by atoms with van der Waals surface area (Å²) in [5.41, 5.74) is -5.50. The van der Waals surface area contributed by atoms with Gasteiger partial charge < -0.3 is 9.85 Å². The summed E-state index contributed by atoms with van der Waals surface area (Å²) in [7, 11) is -0.243. The highest BCUT2D eigenvalue weighted by atomic mass is 32.2. The molecular weight excluding hydrogens is 288 g/mol. The van der Waals surface area contributed by atoms with Gasteiger partial charge >= 0.3 is 15.6 Å². The van der Waals surface area contributed by atoms with Crippen molar-refractivity contribution in [1.82, 2.24) is 0 Å². The molecule has 1 aliphatic rings. The second kappa shape index (κ2) is 5.98. The van der Waals surface area contributed by atoms with Gasteiger partial charge in [0, 0.05) is 18.5 Å². The van der Waals surface area contributed by atoms with Gasteiger partial charge in [0.2, 0.25) is 1.43 Å². The summed E-state index contributed by atoms with van der Waals surface area (Å²) in [6, 6.07) is -1.26. The summed E-state index contributed by atoms with van der Waals surface area (Å²) in [6.07, 6.45) is -1.14. The van der Waals surface area contributed by atoms with Crippen LogP contribution in [0.2, 0.25) is 0 Å². The maximum Gasteiger partial charge on any atom is 0.523 e. The van der Waals surface area contributed by atoms with E-state index in [1.165, 1.54) is 6.92 Å². The maximum atomic E-state index is 12.3. The first kappa shape index (κ1) is 15.1. The van der Waals surface area contributed by atoms with Crippen LogP contribution in [-0.2, 0) is 19.0 Å². The average Bonchev–Trinajstić information content (AvgIpc) is 2.56. The van der Waals surface area contributed by atoms with Crippen LogP contribution in [0.1, 0.15) is 19.8 Å².